The lowest BCUT2D eigenvalue weighted by atomic mass is 10.1. The number of primary amides is 1. The quantitative estimate of drug-likeness (QED) is 0.796. The third-order valence-corrected chi connectivity index (χ3v) is 2.45. The third kappa shape index (κ3) is 1.98. The summed E-state index contributed by atoms with van der Waals surface area (Å²) in [6, 6.07) is 5.43. The molecule has 0 atom stereocenters. The summed E-state index contributed by atoms with van der Waals surface area (Å²) in [5.41, 5.74) is 6.75. The van der Waals surface area contributed by atoms with Gasteiger partial charge in [-0.2, -0.15) is 5.26 Å². The van der Waals surface area contributed by atoms with Gasteiger partial charge in [-0.1, -0.05) is 0 Å². The molecule has 0 fully saturated rings. The molecule has 66 valence electrons. The normalized spacial score (nSPS) is 9.31. The summed E-state index contributed by atoms with van der Waals surface area (Å²) in [6.07, 6.45) is 0. The van der Waals surface area contributed by atoms with Gasteiger partial charge in [0.2, 0.25) is 0 Å². The topological polar surface area (TPSA) is 66.9 Å². The molecule has 13 heavy (non-hydrogen) atoms. The summed E-state index contributed by atoms with van der Waals surface area (Å²) in [6.45, 7) is 1.87. The highest BCUT2D eigenvalue weighted by Gasteiger charge is 2.12. The predicted octanol–water partition coefficient (Wildman–Crippen LogP) is 1.57. The Balaban J connectivity index is 3.50. The van der Waals surface area contributed by atoms with Gasteiger partial charge in [0.15, 0.2) is 0 Å². The Hall–Kier alpha value is -1.09. The molecular formula is C9H7IN2O. The molecule has 0 unspecified atom stereocenters. The first-order valence-corrected chi connectivity index (χ1v) is 4.64. The van der Waals surface area contributed by atoms with E-state index in [2.05, 4.69) is 0 Å². The Kier molecular flexibility index (Phi) is 2.88. The molecule has 0 aliphatic carbocycles. The Labute approximate surface area is 89.7 Å². The molecule has 1 rings (SSSR count). The molecule has 0 saturated carbocycles. The monoisotopic (exact) mass is 286 g/mol. The van der Waals surface area contributed by atoms with Crippen molar-refractivity contribution in [1.82, 2.24) is 0 Å². The van der Waals surface area contributed by atoms with E-state index in [1.165, 1.54) is 0 Å². The van der Waals surface area contributed by atoms with Gasteiger partial charge in [0.05, 0.1) is 11.1 Å². The molecule has 0 aliphatic rings. The van der Waals surface area contributed by atoms with E-state index in [1.54, 1.807) is 6.07 Å². The molecule has 4 heteroatoms. The van der Waals surface area contributed by atoms with Crippen LogP contribution in [0.15, 0.2) is 12.1 Å². The van der Waals surface area contributed by atoms with E-state index in [9.17, 15) is 4.79 Å². The highest BCUT2D eigenvalue weighted by molar-refractivity contribution is 14.1. The molecule has 3 nitrogen and oxygen atoms in total. The van der Waals surface area contributed by atoms with Crippen molar-refractivity contribution in [2.24, 2.45) is 5.73 Å². The molecule has 1 aromatic carbocycles. The zero-order valence-corrected chi connectivity index (χ0v) is 9.12. The lowest BCUT2D eigenvalue weighted by molar-refractivity contribution is 0.0999. The molecule has 0 bridgehead atoms. The van der Waals surface area contributed by atoms with E-state index >= 15 is 0 Å². The number of amides is 1. The SMILES string of the molecule is Cc1cc(I)c(C(N)=O)c(C#N)c1. The number of carbonyl (C=O) groups excluding carboxylic acids is 1. The van der Waals surface area contributed by atoms with E-state index in [4.69, 9.17) is 11.0 Å². The highest BCUT2D eigenvalue weighted by atomic mass is 127. The standard InChI is InChI=1S/C9H7IN2O/c1-5-2-6(4-11)8(9(12)13)7(10)3-5/h2-3H,1H3,(H2,12,13). The molecule has 0 radical (unpaired) electrons. The Morgan fingerprint density at radius 2 is 2.23 bits per heavy atom. The van der Waals surface area contributed by atoms with Crippen LogP contribution >= 0.6 is 22.6 Å². The van der Waals surface area contributed by atoms with Crippen molar-refractivity contribution in [3.05, 3.63) is 32.4 Å². The van der Waals surface area contributed by atoms with Gasteiger partial charge in [0.1, 0.15) is 6.07 Å². The van der Waals surface area contributed by atoms with Gasteiger partial charge in [-0.05, 0) is 47.2 Å². The zero-order valence-electron chi connectivity index (χ0n) is 6.97. The summed E-state index contributed by atoms with van der Waals surface area (Å²) >= 11 is 2.00. The van der Waals surface area contributed by atoms with Crippen LogP contribution in [0.25, 0.3) is 0 Å². The van der Waals surface area contributed by atoms with E-state index in [0.29, 0.717) is 11.1 Å². The first-order chi connectivity index (χ1) is 6.06. The van der Waals surface area contributed by atoms with E-state index in [1.807, 2.05) is 41.7 Å². The van der Waals surface area contributed by atoms with Gasteiger partial charge in [-0.3, -0.25) is 4.79 Å². The molecule has 0 spiro atoms. The maximum absolute atomic E-state index is 11.0. The van der Waals surface area contributed by atoms with Crippen molar-refractivity contribution < 1.29 is 4.79 Å². The van der Waals surface area contributed by atoms with Crippen molar-refractivity contribution in [1.29, 1.82) is 5.26 Å². The largest absolute Gasteiger partial charge is 0.366 e. The summed E-state index contributed by atoms with van der Waals surface area (Å²) in [5.74, 6) is -0.555. The van der Waals surface area contributed by atoms with Crippen LogP contribution in [-0.2, 0) is 0 Å². The average Bonchev–Trinajstić information content (AvgIpc) is 2.01. The predicted molar refractivity (Wildman–Crippen MR) is 57.1 cm³/mol. The van der Waals surface area contributed by atoms with Crippen LogP contribution in [0.4, 0.5) is 0 Å². The Morgan fingerprint density at radius 1 is 1.62 bits per heavy atom. The molecule has 1 aromatic rings. The number of benzene rings is 1. The summed E-state index contributed by atoms with van der Waals surface area (Å²) in [5, 5.41) is 8.76. The fraction of sp³-hybridized carbons (Fsp3) is 0.111. The zero-order chi connectivity index (χ0) is 10.0. The van der Waals surface area contributed by atoms with Crippen LogP contribution in [-0.4, -0.2) is 5.91 Å². The highest BCUT2D eigenvalue weighted by Crippen LogP contribution is 2.18. The van der Waals surface area contributed by atoms with E-state index in [-0.39, 0.29) is 0 Å². The van der Waals surface area contributed by atoms with Crippen molar-refractivity contribution in [2.75, 3.05) is 0 Å². The summed E-state index contributed by atoms with van der Waals surface area (Å²) < 4.78 is 0.724. The number of nitrogens with two attached hydrogens (primary N) is 1. The number of rotatable bonds is 1. The molecule has 0 aliphatic heterocycles. The Morgan fingerprint density at radius 3 is 2.69 bits per heavy atom. The fourth-order valence-electron chi connectivity index (χ4n) is 1.08. The van der Waals surface area contributed by atoms with Crippen molar-refractivity contribution in [2.45, 2.75) is 6.92 Å². The number of nitriles is 1. The van der Waals surface area contributed by atoms with E-state index < -0.39 is 5.91 Å². The number of hydrogen-bond acceptors (Lipinski definition) is 2. The fourth-order valence-corrected chi connectivity index (χ4v) is 2.13. The van der Waals surface area contributed by atoms with Crippen LogP contribution in [0.2, 0.25) is 0 Å². The lowest BCUT2D eigenvalue weighted by Crippen LogP contribution is -2.15. The second kappa shape index (κ2) is 3.75. The molecule has 0 saturated heterocycles. The van der Waals surface area contributed by atoms with Gasteiger partial charge in [0.25, 0.3) is 5.91 Å². The van der Waals surface area contributed by atoms with Crippen LogP contribution in [0.5, 0.6) is 0 Å². The minimum atomic E-state index is -0.555. The second-order valence-corrected chi connectivity index (χ2v) is 3.81. The molecule has 2 N–H and O–H groups in total. The van der Waals surface area contributed by atoms with Crippen LogP contribution in [0, 0.1) is 21.8 Å². The van der Waals surface area contributed by atoms with Gasteiger partial charge in [-0.15, -0.1) is 0 Å². The number of nitrogens with zero attached hydrogens (tertiary/aromatic N) is 1. The molecular weight excluding hydrogens is 279 g/mol. The van der Waals surface area contributed by atoms with E-state index in [0.717, 1.165) is 9.13 Å². The summed E-state index contributed by atoms with van der Waals surface area (Å²) in [7, 11) is 0. The second-order valence-electron chi connectivity index (χ2n) is 2.65. The number of halogens is 1. The van der Waals surface area contributed by atoms with Crippen LogP contribution < -0.4 is 5.73 Å². The van der Waals surface area contributed by atoms with Crippen molar-refractivity contribution in [3.8, 4) is 6.07 Å². The van der Waals surface area contributed by atoms with Crippen LogP contribution in [0.1, 0.15) is 21.5 Å². The first kappa shape index (κ1) is 9.99. The molecule has 0 aromatic heterocycles. The molecule has 0 heterocycles. The maximum atomic E-state index is 11.0. The minimum absolute atomic E-state index is 0.314. The Bertz CT molecular complexity index is 407. The lowest BCUT2D eigenvalue weighted by Gasteiger charge is -2.03. The number of carbonyl (C=O) groups is 1. The maximum Gasteiger partial charge on any atom is 0.251 e. The van der Waals surface area contributed by atoms with Crippen molar-refractivity contribution in [3.63, 3.8) is 0 Å². The van der Waals surface area contributed by atoms with Crippen molar-refractivity contribution >= 4 is 28.5 Å². The number of aryl methyl sites for hydroxylation is 1. The molecule has 1 amide bonds. The third-order valence-electron chi connectivity index (χ3n) is 1.60. The minimum Gasteiger partial charge on any atom is -0.366 e. The smallest absolute Gasteiger partial charge is 0.251 e. The van der Waals surface area contributed by atoms with Gasteiger partial charge >= 0.3 is 0 Å². The number of hydrogen-bond donors (Lipinski definition) is 1. The average molecular weight is 286 g/mol. The van der Waals surface area contributed by atoms with Gasteiger partial charge in [-0.25, -0.2) is 0 Å². The van der Waals surface area contributed by atoms with Crippen LogP contribution in [0.3, 0.4) is 0 Å². The summed E-state index contributed by atoms with van der Waals surface area (Å²) in [4.78, 5) is 11.0. The van der Waals surface area contributed by atoms with Gasteiger partial charge < -0.3 is 5.73 Å². The van der Waals surface area contributed by atoms with Gasteiger partial charge in [0, 0.05) is 3.57 Å². The first-order valence-electron chi connectivity index (χ1n) is 3.56.